The van der Waals surface area contributed by atoms with Gasteiger partial charge in [0.15, 0.2) is 0 Å². The Morgan fingerprint density at radius 3 is 2.58 bits per heavy atom. The second kappa shape index (κ2) is 10.6. The van der Waals surface area contributed by atoms with Crippen LogP contribution in [0.15, 0.2) is 29.3 Å². The molecule has 0 unspecified atom stereocenters. The molecule has 1 aromatic carbocycles. The van der Waals surface area contributed by atoms with Crippen molar-refractivity contribution in [3.63, 3.8) is 0 Å². The van der Waals surface area contributed by atoms with Crippen LogP contribution in [-0.2, 0) is 6.42 Å². The number of nitrogens with zero attached hydrogens (tertiary/aromatic N) is 4. The summed E-state index contributed by atoms with van der Waals surface area (Å²) in [5.41, 5.74) is 2.07. The maximum Gasteiger partial charge on any atom is 0.264 e. The highest BCUT2D eigenvalue weighted by Gasteiger charge is 2.39. The van der Waals surface area contributed by atoms with E-state index in [1.165, 1.54) is 24.1 Å². The number of fused-ring (bicyclic) bond motifs is 2. The molecule has 0 radical (unpaired) electrons. The predicted molar refractivity (Wildman–Crippen MR) is 158 cm³/mol. The molecule has 40 heavy (non-hydrogen) atoms. The molecule has 3 aliphatic rings. The third-order valence-electron chi connectivity index (χ3n) is 8.87. The SMILES string of the molecule is Cc1cc(Nc2ncnc3sc(C(=O)N4CCC(N(C)C)CC4)cc23)c(=O)cc2c1C(=O)NC1(CCCCC1)C2. The molecule has 10 heteroatoms. The average Bonchev–Trinajstić information content (AvgIpc) is 3.33. The van der Waals surface area contributed by atoms with Crippen LogP contribution in [-0.4, -0.2) is 70.3 Å². The van der Waals surface area contributed by atoms with Gasteiger partial charge < -0.3 is 20.4 Å². The molecule has 4 heterocycles. The van der Waals surface area contributed by atoms with Gasteiger partial charge in [-0.3, -0.25) is 14.4 Å². The van der Waals surface area contributed by atoms with E-state index in [0.717, 1.165) is 62.7 Å². The number of likely N-dealkylation sites (tertiary alicyclic amines) is 1. The van der Waals surface area contributed by atoms with Gasteiger partial charge in [-0.05, 0) is 82.4 Å². The lowest BCUT2D eigenvalue weighted by molar-refractivity contribution is 0.0668. The number of anilines is 2. The van der Waals surface area contributed by atoms with Crippen molar-refractivity contribution in [3.05, 3.63) is 56.3 Å². The number of nitrogens with one attached hydrogen (secondary N) is 2. The number of amides is 2. The van der Waals surface area contributed by atoms with Gasteiger partial charge in [0.1, 0.15) is 17.0 Å². The fraction of sp³-hybridized carbons (Fsp3) is 0.500. The molecule has 1 aliphatic carbocycles. The number of rotatable bonds is 4. The second-order valence-electron chi connectivity index (χ2n) is 11.8. The fourth-order valence-electron chi connectivity index (χ4n) is 6.65. The minimum atomic E-state index is -0.247. The summed E-state index contributed by atoms with van der Waals surface area (Å²) >= 11 is 1.35. The molecular weight excluding hydrogens is 524 g/mol. The predicted octanol–water partition coefficient (Wildman–Crippen LogP) is 4.26. The molecule has 2 aromatic heterocycles. The van der Waals surface area contributed by atoms with Gasteiger partial charge >= 0.3 is 0 Å². The summed E-state index contributed by atoms with van der Waals surface area (Å²) in [5, 5.41) is 7.20. The van der Waals surface area contributed by atoms with Gasteiger partial charge in [0.2, 0.25) is 5.43 Å². The largest absolute Gasteiger partial charge is 0.346 e. The van der Waals surface area contributed by atoms with Crippen LogP contribution in [0.1, 0.15) is 76.1 Å². The zero-order chi connectivity index (χ0) is 28.0. The maximum atomic E-state index is 13.5. The van der Waals surface area contributed by atoms with Crippen molar-refractivity contribution < 1.29 is 9.59 Å². The second-order valence-corrected chi connectivity index (χ2v) is 12.8. The topological polar surface area (TPSA) is 108 Å². The molecule has 1 spiro atoms. The normalized spacial score (nSPS) is 19.1. The molecule has 3 aromatic rings. The van der Waals surface area contributed by atoms with E-state index in [2.05, 4.69) is 39.6 Å². The molecule has 2 N–H and O–H groups in total. The van der Waals surface area contributed by atoms with Crippen molar-refractivity contribution in [1.82, 2.24) is 25.1 Å². The number of carbonyl (C=O) groups is 2. The van der Waals surface area contributed by atoms with E-state index < -0.39 is 0 Å². The van der Waals surface area contributed by atoms with E-state index in [0.29, 0.717) is 44.6 Å². The van der Waals surface area contributed by atoms with Crippen LogP contribution in [0.5, 0.6) is 0 Å². The third kappa shape index (κ3) is 4.99. The van der Waals surface area contributed by atoms with Crippen LogP contribution in [0.2, 0.25) is 0 Å². The summed E-state index contributed by atoms with van der Waals surface area (Å²) in [7, 11) is 4.17. The van der Waals surface area contributed by atoms with Crippen LogP contribution in [0.25, 0.3) is 10.2 Å². The molecule has 6 rings (SSSR count). The first-order valence-electron chi connectivity index (χ1n) is 14.2. The van der Waals surface area contributed by atoms with E-state index in [1.54, 1.807) is 12.1 Å². The van der Waals surface area contributed by atoms with E-state index in [9.17, 15) is 14.4 Å². The number of hydrogen-bond acceptors (Lipinski definition) is 8. The zero-order valence-electron chi connectivity index (χ0n) is 23.4. The van der Waals surface area contributed by atoms with Gasteiger partial charge in [-0.15, -0.1) is 11.3 Å². The Morgan fingerprint density at radius 1 is 1.10 bits per heavy atom. The van der Waals surface area contributed by atoms with Crippen LogP contribution in [0, 0.1) is 6.92 Å². The molecule has 1 saturated heterocycles. The number of piperidine rings is 1. The van der Waals surface area contributed by atoms with E-state index in [1.807, 2.05) is 17.9 Å². The smallest absolute Gasteiger partial charge is 0.264 e. The highest BCUT2D eigenvalue weighted by molar-refractivity contribution is 7.20. The summed E-state index contributed by atoms with van der Waals surface area (Å²) in [5.74, 6) is 0.385. The lowest BCUT2D eigenvalue weighted by atomic mass is 9.74. The van der Waals surface area contributed by atoms with Crippen LogP contribution < -0.4 is 16.1 Å². The Morgan fingerprint density at radius 2 is 1.85 bits per heavy atom. The average molecular weight is 561 g/mol. The molecule has 2 amide bonds. The highest BCUT2D eigenvalue weighted by atomic mass is 32.1. The lowest BCUT2D eigenvalue weighted by Gasteiger charge is -2.41. The Balaban J connectivity index is 1.29. The molecule has 2 fully saturated rings. The lowest BCUT2D eigenvalue weighted by Crippen LogP contribution is -2.54. The summed E-state index contributed by atoms with van der Waals surface area (Å²) in [6, 6.07) is 5.68. The van der Waals surface area contributed by atoms with Gasteiger partial charge in [-0.25, -0.2) is 9.97 Å². The van der Waals surface area contributed by atoms with Gasteiger partial charge in [0.25, 0.3) is 11.8 Å². The van der Waals surface area contributed by atoms with Crippen molar-refractivity contribution >= 4 is 44.9 Å². The van der Waals surface area contributed by atoms with Crippen molar-refractivity contribution in [3.8, 4) is 0 Å². The zero-order valence-corrected chi connectivity index (χ0v) is 24.2. The number of aromatic nitrogens is 2. The van der Waals surface area contributed by atoms with Crippen molar-refractivity contribution in [2.75, 3.05) is 32.5 Å². The van der Waals surface area contributed by atoms with Gasteiger partial charge in [-0.2, -0.15) is 0 Å². The molecule has 9 nitrogen and oxygen atoms in total. The number of hydrogen-bond donors (Lipinski definition) is 2. The molecule has 0 bridgehead atoms. The van der Waals surface area contributed by atoms with Crippen molar-refractivity contribution in [2.24, 2.45) is 0 Å². The summed E-state index contributed by atoms with van der Waals surface area (Å²) in [6.45, 7) is 3.33. The Labute approximate surface area is 238 Å². The molecule has 1 saturated carbocycles. The minimum Gasteiger partial charge on any atom is -0.346 e. The molecule has 210 valence electrons. The van der Waals surface area contributed by atoms with Crippen LogP contribution in [0.4, 0.5) is 11.5 Å². The van der Waals surface area contributed by atoms with E-state index >= 15 is 0 Å². The van der Waals surface area contributed by atoms with Crippen LogP contribution >= 0.6 is 11.3 Å². The molecular formula is C30H36N6O3S. The Kier molecular flexibility index (Phi) is 7.08. The van der Waals surface area contributed by atoms with Gasteiger partial charge in [0.05, 0.1) is 16.0 Å². The number of aryl methyl sites for hydroxylation is 1. The van der Waals surface area contributed by atoms with Crippen molar-refractivity contribution in [1.29, 1.82) is 0 Å². The monoisotopic (exact) mass is 560 g/mol. The first-order chi connectivity index (χ1) is 19.2. The number of thiophene rings is 1. The molecule has 2 aliphatic heterocycles. The van der Waals surface area contributed by atoms with E-state index in [-0.39, 0.29) is 22.8 Å². The third-order valence-corrected chi connectivity index (χ3v) is 9.90. The Bertz CT molecular complexity index is 1540. The highest BCUT2D eigenvalue weighted by Crippen LogP contribution is 2.36. The summed E-state index contributed by atoms with van der Waals surface area (Å²) in [6.07, 6.45) is 9.29. The van der Waals surface area contributed by atoms with Crippen LogP contribution in [0.3, 0.4) is 0 Å². The molecule has 0 atom stereocenters. The quantitative estimate of drug-likeness (QED) is 0.491. The van der Waals surface area contributed by atoms with Gasteiger partial charge in [0, 0.05) is 30.2 Å². The summed E-state index contributed by atoms with van der Waals surface area (Å²) in [4.78, 5) is 54.3. The Hall–Kier alpha value is -3.37. The summed E-state index contributed by atoms with van der Waals surface area (Å²) < 4.78 is 0. The standard InChI is InChI=1S/C30H36N6O3S/c1-18-13-22(23(37)14-19-16-30(9-5-4-6-10-30)34-27(38)25(18)19)33-26-21-15-24(40-28(21)32-17-31-26)29(39)36-11-7-20(8-12-36)35(2)3/h13-15,17,20H,4-12,16H2,1-3H3,(H,34,38)(H,31,32,33,37). The van der Waals surface area contributed by atoms with Gasteiger partial charge in [-0.1, -0.05) is 19.3 Å². The van der Waals surface area contributed by atoms with E-state index in [4.69, 9.17) is 0 Å². The fourth-order valence-corrected chi connectivity index (χ4v) is 7.62. The first kappa shape index (κ1) is 26.8. The van der Waals surface area contributed by atoms with Crippen molar-refractivity contribution in [2.45, 2.75) is 69.9 Å². The minimum absolute atomic E-state index is 0.00737. The number of carbonyl (C=O) groups excluding carboxylic acids is 2. The maximum absolute atomic E-state index is 13.5. The first-order valence-corrected chi connectivity index (χ1v) is 15.0.